The minimum Gasteiger partial charge on any atom is -0.495 e. The number of hydrogen-bond donors (Lipinski definition) is 1. The fourth-order valence-corrected chi connectivity index (χ4v) is 4.69. The van der Waals surface area contributed by atoms with Crippen molar-refractivity contribution in [1.82, 2.24) is 10.2 Å². The Kier molecular flexibility index (Phi) is 9.82. The van der Waals surface area contributed by atoms with E-state index in [0.717, 1.165) is 21.1 Å². The predicted molar refractivity (Wildman–Crippen MR) is 139 cm³/mol. The number of rotatable bonds is 11. The van der Waals surface area contributed by atoms with Gasteiger partial charge in [0.05, 0.1) is 18.3 Å². The average molecular weight is 585 g/mol. The summed E-state index contributed by atoms with van der Waals surface area (Å²) in [6.07, 6.45) is 0.881. The van der Waals surface area contributed by atoms with E-state index in [4.69, 9.17) is 4.74 Å². The lowest BCUT2D eigenvalue weighted by Gasteiger charge is -2.32. The highest BCUT2D eigenvalue weighted by Crippen LogP contribution is 2.34. The molecule has 0 aliphatic carbocycles. The molecule has 2 aromatic rings. The Morgan fingerprint density at radius 2 is 1.83 bits per heavy atom. The van der Waals surface area contributed by atoms with Gasteiger partial charge in [-0.3, -0.25) is 24.0 Å². The molecule has 0 unspecified atom stereocenters. The van der Waals surface area contributed by atoms with Crippen molar-refractivity contribution < 1.29 is 27.7 Å². The summed E-state index contributed by atoms with van der Waals surface area (Å²) in [7, 11) is -2.81. The summed E-state index contributed by atoms with van der Waals surface area (Å²) in [5.74, 6) is -1.06. The van der Waals surface area contributed by atoms with Crippen molar-refractivity contribution in [3.8, 4) is 5.75 Å². The van der Waals surface area contributed by atoms with Crippen molar-refractivity contribution >= 4 is 49.1 Å². The molecule has 0 aliphatic rings. The predicted octanol–water partition coefficient (Wildman–Crippen LogP) is 3.07. The summed E-state index contributed by atoms with van der Waals surface area (Å²) in [6.45, 7) is 4.43. The van der Waals surface area contributed by atoms with Crippen molar-refractivity contribution in [2.24, 2.45) is 0 Å². The number of halogens is 1. The number of nitro benzene ring substituents is 1. The standard InChI is InChI=1S/C23H29BrN4O7S/c1-15(2)25-23(30)16(3)26(13-17-7-6-8-18(24)11-17)22(29)14-27(36(5,33)34)20-12-19(28(31)32)9-10-21(20)35-4/h6-12,15-16H,13-14H2,1-5H3,(H,25,30)/t16-/m1/s1. The van der Waals surface area contributed by atoms with Crippen molar-refractivity contribution in [1.29, 1.82) is 0 Å². The van der Waals surface area contributed by atoms with Crippen molar-refractivity contribution in [2.45, 2.75) is 39.4 Å². The molecule has 0 radical (unpaired) electrons. The molecule has 0 saturated carbocycles. The van der Waals surface area contributed by atoms with Crippen LogP contribution in [0.4, 0.5) is 11.4 Å². The fraction of sp³-hybridized carbons (Fsp3) is 0.391. The first-order valence-corrected chi connectivity index (χ1v) is 13.5. The second-order valence-corrected chi connectivity index (χ2v) is 11.2. The van der Waals surface area contributed by atoms with E-state index in [0.29, 0.717) is 5.56 Å². The van der Waals surface area contributed by atoms with E-state index >= 15 is 0 Å². The van der Waals surface area contributed by atoms with Crippen LogP contribution < -0.4 is 14.4 Å². The van der Waals surface area contributed by atoms with Gasteiger partial charge in [-0.05, 0) is 44.5 Å². The first-order valence-electron chi connectivity index (χ1n) is 10.9. The number of hydrogen-bond acceptors (Lipinski definition) is 7. The molecule has 0 aliphatic heterocycles. The summed E-state index contributed by atoms with van der Waals surface area (Å²) in [5, 5.41) is 14.1. The van der Waals surface area contributed by atoms with Crippen LogP contribution in [0, 0.1) is 10.1 Å². The zero-order chi connectivity index (χ0) is 27.2. The van der Waals surface area contributed by atoms with Gasteiger partial charge in [0.1, 0.15) is 24.0 Å². The van der Waals surface area contributed by atoms with Crippen LogP contribution in [0.1, 0.15) is 26.3 Å². The number of anilines is 1. The molecule has 0 aromatic heterocycles. The minimum absolute atomic E-state index is 0.0224. The third-order valence-electron chi connectivity index (χ3n) is 5.16. The van der Waals surface area contributed by atoms with Gasteiger partial charge in [0.15, 0.2) is 0 Å². The summed E-state index contributed by atoms with van der Waals surface area (Å²) >= 11 is 3.38. The molecule has 0 bridgehead atoms. The Morgan fingerprint density at radius 3 is 2.36 bits per heavy atom. The van der Waals surface area contributed by atoms with Crippen LogP contribution in [0.25, 0.3) is 0 Å². The molecule has 36 heavy (non-hydrogen) atoms. The van der Waals surface area contributed by atoms with Gasteiger partial charge in [-0.2, -0.15) is 0 Å². The highest BCUT2D eigenvalue weighted by atomic mass is 79.9. The van der Waals surface area contributed by atoms with Crippen LogP contribution in [0.5, 0.6) is 5.75 Å². The van der Waals surface area contributed by atoms with Gasteiger partial charge in [0.25, 0.3) is 5.69 Å². The van der Waals surface area contributed by atoms with Crippen molar-refractivity contribution in [3.63, 3.8) is 0 Å². The lowest BCUT2D eigenvalue weighted by molar-refractivity contribution is -0.384. The van der Waals surface area contributed by atoms with Crippen molar-refractivity contribution in [3.05, 3.63) is 62.6 Å². The maximum Gasteiger partial charge on any atom is 0.271 e. The topological polar surface area (TPSA) is 139 Å². The lowest BCUT2D eigenvalue weighted by atomic mass is 10.1. The van der Waals surface area contributed by atoms with Crippen LogP contribution >= 0.6 is 15.9 Å². The molecule has 11 nitrogen and oxygen atoms in total. The SMILES string of the molecule is COc1ccc([N+](=O)[O-])cc1N(CC(=O)N(Cc1cccc(Br)c1)[C@H](C)C(=O)NC(C)C)S(C)(=O)=O. The van der Waals surface area contributed by atoms with Gasteiger partial charge in [0.2, 0.25) is 21.8 Å². The van der Waals surface area contributed by atoms with E-state index in [1.165, 1.54) is 24.1 Å². The number of nitrogens with zero attached hydrogens (tertiary/aromatic N) is 3. The third-order valence-corrected chi connectivity index (χ3v) is 6.78. The number of nitrogens with one attached hydrogen (secondary N) is 1. The molecular weight excluding hydrogens is 556 g/mol. The molecular formula is C23H29BrN4O7S. The summed E-state index contributed by atoms with van der Waals surface area (Å²) in [6, 6.07) is 9.48. The number of carbonyl (C=O) groups is 2. The molecule has 0 heterocycles. The van der Waals surface area contributed by atoms with Crippen LogP contribution in [-0.2, 0) is 26.2 Å². The van der Waals surface area contributed by atoms with Crippen LogP contribution in [0.15, 0.2) is 46.9 Å². The minimum atomic E-state index is -4.09. The highest BCUT2D eigenvalue weighted by Gasteiger charge is 2.32. The van der Waals surface area contributed by atoms with E-state index in [9.17, 15) is 28.1 Å². The van der Waals surface area contributed by atoms with Gasteiger partial charge in [-0.15, -0.1) is 0 Å². The first kappa shape index (κ1) is 29.0. The number of nitro groups is 1. The molecule has 2 aromatic carbocycles. The molecule has 0 fully saturated rings. The van der Waals surface area contributed by atoms with Crippen molar-refractivity contribution in [2.75, 3.05) is 24.2 Å². The molecule has 1 atom stereocenters. The summed E-state index contributed by atoms with van der Waals surface area (Å²) in [4.78, 5) is 38.3. The maximum atomic E-state index is 13.6. The normalized spacial score (nSPS) is 12.1. The van der Waals surface area contributed by atoms with Gasteiger partial charge < -0.3 is 15.0 Å². The second kappa shape index (κ2) is 12.2. The molecule has 2 rings (SSSR count). The van der Waals surface area contributed by atoms with Gasteiger partial charge >= 0.3 is 0 Å². The average Bonchev–Trinajstić information content (AvgIpc) is 2.78. The quantitative estimate of drug-likeness (QED) is 0.316. The fourth-order valence-electron chi connectivity index (χ4n) is 3.40. The first-order chi connectivity index (χ1) is 16.7. The molecule has 1 N–H and O–H groups in total. The van der Waals surface area contributed by atoms with E-state index in [2.05, 4.69) is 21.2 Å². The van der Waals surface area contributed by atoms with E-state index in [1.807, 2.05) is 6.07 Å². The Bertz CT molecular complexity index is 1240. The second-order valence-electron chi connectivity index (χ2n) is 8.37. The number of carbonyl (C=O) groups excluding carboxylic acids is 2. The Labute approximate surface area is 218 Å². The summed E-state index contributed by atoms with van der Waals surface area (Å²) in [5.41, 5.74) is 0.174. The van der Waals surface area contributed by atoms with Gasteiger partial charge in [-0.1, -0.05) is 28.1 Å². The van der Waals surface area contributed by atoms with Crippen LogP contribution in [0.3, 0.4) is 0 Å². The molecule has 0 spiro atoms. The highest BCUT2D eigenvalue weighted by molar-refractivity contribution is 9.10. The molecule has 13 heteroatoms. The maximum absolute atomic E-state index is 13.6. The molecule has 2 amide bonds. The number of non-ortho nitro benzene ring substituents is 1. The Hall–Kier alpha value is -3.19. The van der Waals surface area contributed by atoms with E-state index in [1.54, 1.807) is 39.0 Å². The number of sulfonamides is 1. The number of benzene rings is 2. The summed E-state index contributed by atoms with van der Waals surface area (Å²) < 4.78 is 32.2. The Morgan fingerprint density at radius 1 is 1.17 bits per heavy atom. The number of amides is 2. The van der Waals surface area contributed by atoms with E-state index in [-0.39, 0.29) is 29.7 Å². The number of methoxy groups -OCH3 is 1. The largest absolute Gasteiger partial charge is 0.495 e. The van der Waals surface area contributed by atoms with Crippen LogP contribution in [0.2, 0.25) is 0 Å². The van der Waals surface area contributed by atoms with Gasteiger partial charge in [-0.25, -0.2) is 8.42 Å². The molecule has 0 saturated heterocycles. The molecule has 196 valence electrons. The van der Waals surface area contributed by atoms with E-state index < -0.39 is 39.3 Å². The lowest BCUT2D eigenvalue weighted by Crippen LogP contribution is -2.52. The zero-order valence-corrected chi connectivity index (χ0v) is 23.0. The zero-order valence-electron chi connectivity index (χ0n) is 20.6. The monoisotopic (exact) mass is 584 g/mol. The Balaban J connectivity index is 2.52. The number of ether oxygens (including phenoxy) is 1. The smallest absolute Gasteiger partial charge is 0.271 e. The van der Waals surface area contributed by atoms with Crippen LogP contribution in [-0.4, -0.2) is 62.0 Å². The third kappa shape index (κ3) is 7.65. The van der Waals surface area contributed by atoms with Gasteiger partial charge in [0, 0.05) is 29.2 Å².